The lowest BCUT2D eigenvalue weighted by Gasteiger charge is -2.08. The number of carboxylic acids is 2. The largest absolute Gasteiger partial charge is 0.478 e. The van der Waals surface area contributed by atoms with Crippen LogP contribution in [0.15, 0.2) is 42.5 Å². The van der Waals surface area contributed by atoms with E-state index in [-0.39, 0.29) is 22.1 Å². The topological polar surface area (TPSA) is 74.6 Å². The molecule has 2 N–H and O–H groups in total. The highest BCUT2D eigenvalue weighted by Crippen LogP contribution is 2.25. The van der Waals surface area contributed by atoms with Gasteiger partial charge in [0.05, 0.1) is 11.1 Å². The summed E-state index contributed by atoms with van der Waals surface area (Å²) >= 11 is 0. The number of hydrogen-bond donors (Lipinski definition) is 2. The van der Waals surface area contributed by atoms with Gasteiger partial charge in [0.25, 0.3) is 0 Å². The fraction of sp³-hybridized carbons (Fsp3) is 0.0667. The molecule has 2 aromatic rings. The van der Waals surface area contributed by atoms with Crippen molar-refractivity contribution in [2.75, 3.05) is 0 Å². The lowest BCUT2D eigenvalue weighted by atomic mass is 9.96. The number of carbonyl (C=O) groups is 2. The predicted octanol–water partition coefficient (Wildman–Crippen LogP) is 1.61. The summed E-state index contributed by atoms with van der Waals surface area (Å²) in [4.78, 5) is 22.1. The third-order valence-electron chi connectivity index (χ3n) is 2.94. The van der Waals surface area contributed by atoms with Gasteiger partial charge in [0, 0.05) is 0 Å². The molecule has 0 bridgehead atoms. The van der Waals surface area contributed by atoms with E-state index in [1.165, 1.54) is 12.1 Å². The van der Waals surface area contributed by atoms with Gasteiger partial charge in [-0.2, -0.15) is 0 Å². The van der Waals surface area contributed by atoms with Gasteiger partial charge in [0.1, 0.15) is 0 Å². The predicted molar refractivity (Wildman–Crippen MR) is 81.9 cm³/mol. The van der Waals surface area contributed by atoms with Crippen molar-refractivity contribution in [1.82, 2.24) is 0 Å². The Morgan fingerprint density at radius 2 is 1.50 bits per heavy atom. The minimum atomic E-state index is -1.24. The second kappa shape index (κ2) is 6.16. The monoisotopic (exact) mass is 288 g/mol. The van der Waals surface area contributed by atoms with Crippen LogP contribution < -0.4 is 0 Å². The first-order valence-electron chi connectivity index (χ1n) is 5.67. The van der Waals surface area contributed by atoms with Crippen molar-refractivity contribution in [3.8, 4) is 11.1 Å². The molecule has 0 amide bonds. The molecule has 0 heterocycles. The molecule has 20 heavy (non-hydrogen) atoms. The summed E-state index contributed by atoms with van der Waals surface area (Å²) in [6.07, 6.45) is 0. The Kier molecular flexibility index (Phi) is 4.82. The van der Waals surface area contributed by atoms with Crippen molar-refractivity contribution in [3.63, 3.8) is 0 Å². The molecule has 0 fully saturated rings. The fourth-order valence-electron chi connectivity index (χ4n) is 1.97. The van der Waals surface area contributed by atoms with Crippen LogP contribution >= 0.6 is 0 Å². The van der Waals surface area contributed by atoms with Crippen LogP contribution in [0.25, 0.3) is 11.1 Å². The SMILES string of the molecule is Cc1ccccc1-c1ccc(C(=O)O)c(C(=O)O)c1.[SiH4]. The van der Waals surface area contributed by atoms with E-state index in [0.717, 1.165) is 11.1 Å². The minimum Gasteiger partial charge on any atom is -0.478 e. The molecule has 104 valence electrons. The Morgan fingerprint density at radius 3 is 2.05 bits per heavy atom. The summed E-state index contributed by atoms with van der Waals surface area (Å²) in [6.45, 7) is 1.92. The smallest absolute Gasteiger partial charge is 0.336 e. The standard InChI is InChI=1S/C15H12O4.H4Si/c1-9-4-2-3-5-11(9)10-6-7-12(14(16)17)13(8-10)15(18)19;/h2-8H,1H3,(H,16,17)(H,18,19);1H4. The van der Waals surface area contributed by atoms with Crippen LogP contribution in [0.5, 0.6) is 0 Å². The van der Waals surface area contributed by atoms with E-state index in [0.29, 0.717) is 5.56 Å². The van der Waals surface area contributed by atoms with Crippen molar-refractivity contribution in [1.29, 1.82) is 0 Å². The van der Waals surface area contributed by atoms with Gasteiger partial charge in [-0.1, -0.05) is 30.3 Å². The molecule has 0 aliphatic rings. The third-order valence-corrected chi connectivity index (χ3v) is 2.94. The van der Waals surface area contributed by atoms with Gasteiger partial charge in [0.15, 0.2) is 0 Å². The number of benzene rings is 2. The number of rotatable bonds is 3. The van der Waals surface area contributed by atoms with Crippen molar-refractivity contribution in [2.45, 2.75) is 6.92 Å². The van der Waals surface area contributed by atoms with Crippen molar-refractivity contribution in [2.24, 2.45) is 0 Å². The average Bonchev–Trinajstić information content (AvgIpc) is 2.38. The van der Waals surface area contributed by atoms with E-state index >= 15 is 0 Å². The summed E-state index contributed by atoms with van der Waals surface area (Å²) in [5.74, 6) is -2.48. The second-order valence-corrected chi connectivity index (χ2v) is 4.19. The van der Waals surface area contributed by atoms with E-state index in [1.807, 2.05) is 31.2 Å². The van der Waals surface area contributed by atoms with E-state index in [9.17, 15) is 9.59 Å². The van der Waals surface area contributed by atoms with E-state index in [1.54, 1.807) is 6.07 Å². The normalized spacial score (nSPS) is 9.65. The van der Waals surface area contributed by atoms with Crippen LogP contribution in [-0.2, 0) is 0 Å². The minimum absolute atomic E-state index is 0. The molecule has 2 rings (SSSR count). The Morgan fingerprint density at radius 1 is 0.900 bits per heavy atom. The number of aryl methyl sites for hydroxylation is 1. The maximum Gasteiger partial charge on any atom is 0.336 e. The Labute approximate surface area is 120 Å². The maximum absolute atomic E-state index is 11.1. The van der Waals surface area contributed by atoms with Crippen LogP contribution in [0.4, 0.5) is 0 Å². The van der Waals surface area contributed by atoms with Crippen LogP contribution in [0.3, 0.4) is 0 Å². The van der Waals surface area contributed by atoms with Crippen LogP contribution in [0, 0.1) is 6.92 Å². The molecule has 0 unspecified atom stereocenters. The number of aromatic carboxylic acids is 2. The van der Waals surface area contributed by atoms with E-state index < -0.39 is 11.9 Å². The summed E-state index contributed by atoms with van der Waals surface area (Å²) in [6, 6.07) is 11.9. The molecule has 0 aromatic heterocycles. The zero-order chi connectivity index (χ0) is 14.0. The van der Waals surface area contributed by atoms with Gasteiger partial charge < -0.3 is 10.2 Å². The summed E-state index contributed by atoms with van der Waals surface area (Å²) in [5.41, 5.74) is 2.18. The molecule has 0 atom stereocenters. The van der Waals surface area contributed by atoms with Crippen molar-refractivity contribution < 1.29 is 19.8 Å². The fourth-order valence-corrected chi connectivity index (χ4v) is 1.97. The van der Waals surface area contributed by atoms with Gasteiger partial charge in [-0.25, -0.2) is 9.59 Å². The quantitative estimate of drug-likeness (QED) is 0.841. The summed E-state index contributed by atoms with van der Waals surface area (Å²) in [7, 11) is 0. The van der Waals surface area contributed by atoms with Crippen LogP contribution in [-0.4, -0.2) is 33.1 Å². The summed E-state index contributed by atoms with van der Waals surface area (Å²) < 4.78 is 0. The van der Waals surface area contributed by atoms with E-state index in [4.69, 9.17) is 10.2 Å². The van der Waals surface area contributed by atoms with Crippen molar-refractivity contribution >= 4 is 22.9 Å². The lowest BCUT2D eigenvalue weighted by Crippen LogP contribution is -2.08. The maximum atomic E-state index is 11.1. The van der Waals surface area contributed by atoms with Gasteiger partial charge in [0.2, 0.25) is 0 Å². The Hall–Kier alpha value is -2.40. The highest BCUT2D eigenvalue weighted by Gasteiger charge is 2.17. The Balaban J connectivity index is 0.00000200. The highest BCUT2D eigenvalue weighted by molar-refractivity contribution is 6.02. The van der Waals surface area contributed by atoms with Gasteiger partial charge in [-0.15, -0.1) is 0 Å². The molecular weight excluding hydrogens is 272 g/mol. The molecule has 0 aliphatic carbocycles. The number of hydrogen-bond acceptors (Lipinski definition) is 2. The molecular formula is C15H16O4Si. The molecule has 0 aliphatic heterocycles. The first-order chi connectivity index (χ1) is 9.00. The molecule has 0 saturated heterocycles. The molecule has 0 spiro atoms. The first-order valence-corrected chi connectivity index (χ1v) is 5.67. The first kappa shape index (κ1) is 15.7. The third kappa shape index (κ3) is 2.94. The molecule has 0 saturated carbocycles. The molecule has 5 heteroatoms. The van der Waals surface area contributed by atoms with Crippen LogP contribution in [0.1, 0.15) is 26.3 Å². The Bertz CT molecular complexity index is 665. The number of carboxylic acid groups (broad SMARTS) is 2. The zero-order valence-electron chi connectivity index (χ0n) is 10.3. The molecule has 4 nitrogen and oxygen atoms in total. The van der Waals surface area contributed by atoms with Gasteiger partial charge in [-0.3, -0.25) is 0 Å². The lowest BCUT2D eigenvalue weighted by molar-refractivity contribution is 0.0651. The molecule has 2 aromatic carbocycles. The van der Waals surface area contributed by atoms with Crippen LogP contribution in [0.2, 0.25) is 0 Å². The second-order valence-electron chi connectivity index (χ2n) is 4.19. The highest BCUT2D eigenvalue weighted by atomic mass is 28.1. The zero-order valence-corrected chi connectivity index (χ0v) is 10.3. The molecule has 0 radical (unpaired) electrons. The van der Waals surface area contributed by atoms with Gasteiger partial charge in [-0.05, 0) is 46.7 Å². The summed E-state index contributed by atoms with van der Waals surface area (Å²) in [5, 5.41) is 18.1. The van der Waals surface area contributed by atoms with Crippen molar-refractivity contribution in [3.05, 3.63) is 59.2 Å². The van der Waals surface area contributed by atoms with Gasteiger partial charge >= 0.3 is 11.9 Å². The van der Waals surface area contributed by atoms with E-state index in [2.05, 4.69) is 0 Å². The average molecular weight is 288 g/mol.